The second-order valence-corrected chi connectivity index (χ2v) is 4.60. The predicted octanol–water partition coefficient (Wildman–Crippen LogP) is 4.38. The SMILES string of the molecule is Fc1ccc(-n2c(=S)[nH]c3ccc(F)c(F)c32)c(F)c1F. The van der Waals surface area contributed by atoms with Crippen LogP contribution in [-0.2, 0) is 0 Å². The highest BCUT2D eigenvalue weighted by molar-refractivity contribution is 7.71. The van der Waals surface area contributed by atoms with Crippen molar-refractivity contribution in [2.24, 2.45) is 0 Å². The molecule has 0 aliphatic heterocycles. The molecule has 0 amide bonds. The molecule has 1 aromatic heterocycles. The third-order valence-electron chi connectivity index (χ3n) is 2.99. The lowest BCUT2D eigenvalue weighted by molar-refractivity contribution is 0.444. The zero-order valence-corrected chi connectivity index (χ0v) is 10.9. The summed E-state index contributed by atoms with van der Waals surface area (Å²) in [5.41, 5.74) is -0.803. The lowest BCUT2D eigenvalue weighted by Crippen LogP contribution is -2.03. The summed E-state index contributed by atoms with van der Waals surface area (Å²) in [6, 6.07) is 3.64. The number of aromatic nitrogens is 2. The van der Waals surface area contributed by atoms with Gasteiger partial charge in [-0.2, -0.15) is 0 Å². The van der Waals surface area contributed by atoms with Crippen molar-refractivity contribution in [1.82, 2.24) is 9.55 Å². The molecule has 1 heterocycles. The lowest BCUT2D eigenvalue weighted by Gasteiger charge is -2.08. The Morgan fingerprint density at radius 2 is 1.43 bits per heavy atom. The van der Waals surface area contributed by atoms with Crippen molar-refractivity contribution >= 4 is 23.3 Å². The number of imidazole rings is 1. The molecule has 2 nitrogen and oxygen atoms in total. The fraction of sp³-hybridized carbons (Fsp3) is 0. The first-order valence-electron chi connectivity index (χ1n) is 5.64. The number of hydrogen-bond donors (Lipinski definition) is 1. The van der Waals surface area contributed by atoms with Crippen LogP contribution in [0.15, 0.2) is 24.3 Å². The van der Waals surface area contributed by atoms with Crippen LogP contribution in [0, 0.1) is 33.9 Å². The van der Waals surface area contributed by atoms with Crippen molar-refractivity contribution in [2.75, 3.05) is 0 Å². The predicted molar refractivity (Wildman–Crippen MR) is 68.2 cm³/mol. The second-order valence-electron chi connectivity index (χ2n) is 4.22. The molecule has 0 aliphatic rings. The van der Waals surface area contributed by atoms with Crippen LogP contribution in [0.1, 0.15) is 0 Å². The number of hydrogen-bond acceptors (Lipinski definition) is 1. The number of rotatable bonds is 1. The van der Waals surface area contributed by atoms with Crippen molar-refractivity contribution in [1.29, 1.82) is 0 Å². The number of halogens is 5. The average Bonchev–Trinajstić information content (AvgIpc) is 2.78. The summed E-state index contributed by atoms with van der Waals surface area (Å²) in [5.74, 6) is -7.11. The summed E-state index contributed by atoms with van der Waals surface area (Å²) in [6.45, 7) is 0. The van der Waals surface area contributed by atoms with Crippen LogP contribution in [0.4, 0.5) is 22.0 Å². The Morgan fingerprint density at radius 1 is 0.810 bits per heavy atom. The van der Waals surface area contributed by atoms with Gasteiger partial charge in [-0.25, -0.2) is 22.0 Å². The fourth-order valence-corrected chi connectivity index (χ4v) is 2.35. The molecular formula is C13H5F5N2S. The molecule has 0 saturated carbocycles. The van der Waals surface area contributed by atoms with E-state index in [0.29, 0.717) is 6.07 Å². The molecule has 0 saturated heterocycles. The lowest BCUT2D eigenvalue weighted by atomic mass is 10.2. The van der Waals surface area contributed by atoms with E-state index >= 15 is 0 Å². The van der Waals surface area contributed by atoms with Crippen LogP contribution in [-0.4, -0.2) is 9.55 Å². The second kappa shape index (κ2) is 4.66. The monoisotopic (exact) mass is 316 g/mol. The third-order valence-corrected chi connectivity index (χ3v) is 3.28. The highest BCUT2D eigenvalue weighted by atomic mass is 32.1. The van der Waals surface area contributed by atoms with Gasteiger partial charge in [0.1, 0.15) is 5.52 Å². The van der Waals surface area contributed by atoms with Crippen molar-refractivity contribution in [3.8, 4) is 5.69 Å². The Labute approximate surface area is 119 Å². The minimum absolute atomic E-state index is 0.100. The third kappa shape index (κ3) is 1.94. The van der Waals surface area contributed by atoms with Crippen LogP contribution >= 0.6 is 12.2 Å². The molecule has 0 spiro atoms. The van der Waals surface area contributed by atoms with E-state index in [4.69, 9.17) is 12.2 Å². The van der Waals surface area contributed by atoms with Crippen LogP contribution in [0.25, 0.3) is 16.7 Å². The van der Waals surface area contributed by atoms with Gasteiger partial charge in [-0.1, -0.05) is 0 Å². The molecule has 0 unspecified atom stereocenters. The quantitative estimate of drug-likeness (QED) is 0.401. The normalized spacial score (nSPS) is 11.3. The first-order chi connectivity index (χ1) is 9.91. The maximum atomic E-state index is 13.9. The van der Waals surface area contributed by atoms with Gasteiger partial charge < -0.3 is 4.98 Å². The fourth-order valence-electron chi connectivity index (χ4n) is 2.05. The van der Waals surface area contributed by atoms with E-state index in [-0.39, 0.29) is 15.8 Å². The topological polar surface area (TPSA) is 20.7 Å². The maximum absolute atomic E-state index is 13.9. The average molecular weight is 316 g/mol. The molecule has 2 aromatic carbocycles. The van der Waals surface area contributed by atoms with Crippen molar-refractivity contribution in [3.63, 3.8) is 0 Å². The molecule has 0 aliphatic carbocycles. The van der Waals surface area contributed by atoms with Gasteiger partial charge >= 0.3 is 0 Å². The van der Waals surface area contributed by atoms with E-state index in [0.717, 1.165) is 16.7 Å². The standard InChI is InChI=1S/C13H5F5N2S/c14-5-2-4-8(11(18)9(5)16)20-12-7(19-13(20)21)3-1-6(15)10(12)17/h1-4H,(H,19,21). The first-order valence-corrected chi connectivity index (χ1v) is 6.05. The molecule has 8 heteroatoms. The Morgan fingerprint density at radius 3 is 2.14 bits per heavy atom. The number of fused-ring (bicyclic) bond motifs is 1. The molecule has 21 heavy (non-hydrogen) atoms. The van der Waals surface area contributed by atoms with Crippen LogP contribution < -0.4 is 0 Å². The molecule has 3 rings (SSSR count). The zero-order chi connectivity index (χ0) is 15.3. The Hall–Kier alpha value is -2.22. The Balaban J connectivity index is 2.46. The van der Waals surface area contributed by atoms with Gasteiger partial charge in [0.05, 0.1) is 11.2 Å². The van der Waals surface area contributed by atoms with Crippen LogP contribution in [0.3, 0.4) is 0 Å². The van der Waals surface area contributed by atoms with Crippen molar-refractivity contribution < 1.29 is 22.0 Å². The minimum atomic E-state index is -1.72. The van der Waals surface area contributed by atoms with E-state index < -0.39 is 34.8 Å². The van der Waals surface area contributed by atoms with Gasteiger partial charge in [-0.05, 0) is 36.5 Å². The van der Waals surface area contributed by atoms with Crippen molar-refractivity contribution in [2.45, 2.75) is 0 Å². The van der Waals surface area contributed by atoms with Crippen molar-refractivity contribution in [3.05, 3.63) is 58.1 Å². The number of benzene rings is 2. The van der Waals surface area contributed by atoms with E-state index in [1.165, 1.54) is 6.07 Å². The minimum Gasteiger partial charge on any atom is -0.330 e. The highest BCUT2D eigenvalue weighted by Crippen LogP contribution is 2.27. The molecule has 0 atom stereocenters. The Bertz CT molecular complexity index is 928. The summed E-state index contributed by atoms with van der Waals surface area (Å²) < 4.78 is 68.0. The maximum Gasteiger partial charge on any atom is 0.196 e. The number of H-pyrrole nitrogens is 1. The first kappa shape index (κ1) is 13.7. The molecule has 0 bridgehead atoms. The largest absolute Gasteiger partial charge is 0.330 e. The summed E-state index contributed by atoms with van der Waals surface area (Å²) in [6.07, 6.45) is 0. The van der Waals surface area contributed by atoms with Gasteiger partial charge in [-0.3, -0.25) is 4.57 Å². The molecule has 3 aromatic rings. The Kier molecular flexibility index (Phi) is 3.05. The van der Waals surface area contributed by atoms with Gasteiger partial charge in [0, 0.05) is 0 Å². The smallest absolute Gasteiger partial charge is 0.196 e. The number of aromatic amines is 1. The van der Waals surface area contributed by atoms with Gasteiger partial charge in [0.2, 0.25) is 0 Å². The number of nitrogens with zero attached hydrogens (tertiary/aromatic N) is 1. The summed E-state index contributed by atoms with van der Waals surface area (Å²) in [7, 11) is 0. The summed E-state index contributed by atoms with van der Waals surface area (Å²) in [5, 5.41) is 0. The van der Waals surface area contributed by atoms with Gasteiger partial charge in [0.15, 0.2) is 33.9 Å². The molecule has 0 radical (unpaired) electrons. The van der Waals surface area contributed by atoms with Gasteiger partial charge in [-0.15, -0.1) is 0 Å². The van der Waals surface area contributed by atoms with E-state index in [9.17, 15) is 22.0 Å². The van der Waals surface area contributed by atoms with E-state index in [1.807, 2.05) is 0 Å². The van der Waals surface area contributed by atoms with Crippen LogP contribution in [0.5, 0.6) is 0 Å². The highest BCUT2D eigenvalue weighted by Gasteiger charge is 2.20. The van der Waals surface area contributed by atoms with E-state index in [2.05, 4.69) is 4.98 Å². The molecular weight excluding hydrogens is 311 g/mol. The van der Waals surface area contributed by atoms with Gasteiger partial charge in [0.25, 0.3) is 0 Å². The molecule has 1 N–H and O–H groups in total. The summed E-state index contributed by atoms with van der Waals surface area (Å²) >= 11 is 4.91. The zero-order valence-electron chi connectivity index (χ0n) is 10.1. The summed E-state index contributed by atoms with van der Waals surface area (Å²) in [4.78, 5) is 2.54. The number of nitrogens with one attached hydrogen (secondary N) is 1. The van der Waals surface area contributed by atoms with Crippen LogP contribution in [0.2, 0.25) is 0 Å². The molecule has 108 valence electrons. The molecule has 0 fully saturated rings. The van der Waals surface area contributed by atoms with E-state index in [1.54, 1.807) is 0 Å².